The van der Waals surface area contributed by atoms with Crippen molar-refractivity contribution in [3.8, 4) is 0 Å². The molecule has 5 rings (SSSR count). The number of aromatic nitrogens is 3. The van der Waals surface area contributed by atoms with Crippen molar-refractivity contribution in [2.75, 3.05) is 5.32 Å². The molecule has 0 unspecified atom stereocenters. The lowest BCUT2D eigenvalue weighted by Crippen LogP contribution is -2.46. The molecule has 11 heteroatoms. The number of amides is 3. The van der Waals surface area contributed by atoms with Crippen molar-refractivity contribution < 1.29 is 18.8 Å². The second-order valence-electron chi connectivity index (χ2n) is 7.97. The molecule has 0 bridgehead atoms. The van der Waals surface area contributed by atoms with Gasteiger partial charge in [-0.2, -0.15) is 5.10 Å². The second-order valence-corrected chi connectivity index (χ2v) is 8.82. The largest absolute Gasteiger partial charge is 0.364 e. The SMILES string of the molecule is NC(=O)c1nn(CC(=O)N2[C@@H]3C[C@@H]3C[C@H]2C(=O)Nc2cccc(Br)c2F)c2cnccc12. The highest BCUT2D eigenvalue weighted by Gasteiger charge is 2.56. The quantitative estimate of drug-likeness (QED) is 0.554. The standard InChI is InChI=1S/C21H18BrFN6O3/c22-12-2-1-3-13(18(12)23)26-21(32)15-7-10-6-14(10)29(15)17(30)9-28-16-8-25-5-4-11(16)19(27-28)20(24)31/h1-5,8,10,14-15H,6-7,9H2,(H2,24,31)(H,26,32)/t10-,14-,15+/m1/s1. The van der Waals surface area contributed by atoms with Crippen LogP contribution in [0.2, 0.25) is 0 Å². The first-order chi connectivity index (χ1) is 15.3. The molecular weight excluding hydrogens is 483 g/mol. The summed E-state index contributed by atoms with van der Waals surface area (Å²) in [4.78, 5) is 43.5. The molecule has 164 valence electrons. The van der Waals surface area contributed by atoms with E-state index in [-0.39, 0.29) is 40.3 Å². The average molecular weight is 501 g/mol. The topological polar surface area (TPSA) is 123 Å². The Morgan fingerprint density at radius 1 is 1.25 bits per heavy atom. The third-order valence-corrected chi connectivity index (χ3v) is 6.59. The van der Waals surface area contributed by atoms with Crippen molar-refractivity contribution in [2.24, 2.45) is 11.7 Å². The van der Waals surface area contributed by atoms with E-state index in [9.17, 15) is 18.8 Å². The number of piperidine rings is 1. The summed E-state index contributed by atoms with van der Waals surface area (Å²) in [6.45, 7) is -0.173. The molecule has 3 aromatic rings. The van der Waals surface area contributed by atoms with Gasteiger partial charge in [-0.05, 0) is 52.9 Å². The molecule has 2 aromatic heterocycles. The van der Waals surface area contributed by atoms with Gasteiger partial charge in [0.15, 0.2) is 11.5 Å². The molecule has 1 saturated carbocycles. The molecule has 1 aliphatic carbocycles. The average Bonchev–Trinajstić information content (AvgIpc) is 3.27. The van der Waals surface area contributed by atoms with Crippen LogP contribution in [-0.2, 0) is 16.1 Å². The van der Waals surface area contributed by atoms with E-state index < -0.39 is 23.7 Å². The summed E-state index contributed by atoms with van der Waals surface area (Å²) in [7, 11) is 0. The van der Waals surface area contributed by atoms with E-state index in [4.69, 9.17) is 5.73 Å². The first-order valence-corrected chi connectivity index (χ1v) is 10.8. The first kappa shape index (κ1) is 20.6. The highest BCUT2D eigenvalue weighted by molar-refractivity contribution is 9.10. The number of primary amides is 1. The molecule has 2 aliphatic rings. The molecule has 2 fully saturated rings. The van der Waals surface area contributed by atoms with Gasteiger partial charge in [0.05, 0.1) is 21.9 Å². The van der Waals surface area contributed by atoms with Crippen LogP contribution in [0.1, 0.15) is 23.3 Å². The van der Waals surface area contributed by atoms with Crippen LogP contribution in [0.25, 0.3) is 10.9 Å². The Labute approximate surface area is 189 Å². The molecule has 3 heterocycles. The number of hydrogen-bond acceptors (Lipinski definition) is 5. The molecule has 3 amide bonds. The van der Waals surface area contributed by atoms with Gasteiger partial charge in [-0.15, -0.1) is 0 Å². The summed E-state index contributed by atoms with van der Waals surface area (Å²) in [6.07, 6.45) is 4.37. The third-order valence-electron chi connectivity index (χ3n) is 5.98. The molecule has 32 heavy (non-hydrogen) atoms. The molecule has 3 atom stereocenters. The van der Waals surface area contributed by atoms with Crippen molar-refractivity contribution in [3.05, 3.63) is 52.6 Å². The van der Waals surface area contributed by atoms with Crippen molar-refractivity contribution >= 4 is 50.2 Å². The predicted molar refractivity (Wildman–Crippen MR) is 116 cm³/mol. The number of rotatable bonds is 5. The number of hydrogen-bond donors (Lipinski definition) is 2. The van der Waals surface area contributed by atoms with Gasteiger partial charge in [0.1, 0.15) is 12.6 Å². The number of likely N-dealkylation sites (tertiary alicyclic amines) is 1. The zero-order valence-electron chi connectivity index (χ0n) is 16.7. The van der Waals surface area contributed by atoms with Gasteiger partial charge < -0.3 is 16.0 Å². The number of benzene rings is 1. The van der Waals surface area contributed by atoms with E-state index in [1.165, 1.54) is 29.2 Å². The summed E-state index contributed by atoms with van der Waals surface area (Å²) in [5, 5.41) is 7.30. The Balaban J connectivity index is 1.39. The number of pyridine rings is 1. The molecule has 1 saturated heterocycles. The van der Waals surface area contributed by atoms with E-state index >= 15 is 0 Å². The van der Waals surface area contributed by atoms with Gasteiger partial charge in [-0.3, -0.25) is 24.0 Å². The van der Waals surface area contributed by atoms with E-state index in [1.807, 2.05) is 0 Å². The minimum atomic E-state index is -0.708. The molecule has 9 nitrogen and oxygen atoms in total. The Kier molecular flexibility index (Phi) is 4.92. The van der Waals surface area contributed by atoms with Crippen LogP contribution < -0.4 is 11.1 Å². The maximum atomic E-state index is 14.3. The Morgan fingerprint density at radius 2 is 2.06 bits per heavy atom. The van der Waals surface area contributed by atoms with Crippen LogP contribution in [0.3, 0.4) is 0 Å². The zero-order valence-corrected chi connectivity index (χ0v) is 18.3. The lowest BCUT2D eigenvalue weighted by atomic mass is 10.1. The van der Waals surface area contributed by atoms with Crippen LogP contribution in [0.4, 0.5) is 10.1 Å². The second kappa shape index (κ2) is 7.66. The number of anilines is 1. The van der Waals surface area contributed by atoms with Crippen LogP contribution in [0.5, 0.6) is 0 Å². The van der Waals surface area contributed by atoms with Crippen molar-refractivity contribution in [1.82, 2.24) is 19.7 Å². The lowest BCUT2D eigenvalue weighted by Gasteiger charge is -2.27. The fraction of sp³-hybridized carbons (Fsp3) is 0.286. The monoisotopic (exact) mass is 500 g/mol. The zero-order chi connectivity index (χ0) is 22.6. The number of nitrogens with zero attached hydrogens (tertiary/aromatic N) is 4. The smallest absolute Gasteiger partial charge is 0.269 e. The molecule has 1 aromatic carbocycles. The Bertz CT molecular complexity index is 1280. The fourth-order valence-corrected chi connectivity index (χ4v) is 4.76. The van der Waals surface area contributed by atoms with Crippen LogP contribution >= 0.6 is 15.9 Å². The van der Waals surface area contributed by atoms with Crippen molar-refractivity contribution in [1.29, 1.82) is 0 Å². The number of fused-ring (bicyclic) bond motifs is 2. The van der Waals surface area contributed by atoms with Crippen molar-refractivity contribution in [3.63, 3.8) is 0 Å². The third kappa shape index (κ3) is 3.42. The molecule has 0 radical (unpaired) electrons. The van der Waals surface area contributed by atoms with Gasteiger partial charge in [0, 0.05) is 17.6 Å². The Hall–Kier alpha value is -3.34. The maximum absolute atomic E-state index is 14.3. The molecule has 0 spiro atoms. The number of carbonyl (C=O) groups is 3. The predicted octanol–water partition coefficient (Wildman–Crippen LogP) is 2.06. The number of carbonyl (C=O) groups excluding carboxylic acids is 3. The van der Waals surface area contributed by atoms with Gasteiger partial charge in [-0.25, -0.2) is 4.39 Å². The van der Waals surface area contributed by atoms with Gasteiger partial charge >= 0.3 is 0 Å². The fourth-order valence-electron chi connectivity index (χ4n) is 4.40. The summed E-state index contributed by atoms with van der Waals surface area (Å²) in [5.74, 6) is -1.78. The number of nitrogens with one attached hydrogen (secondary N) is 1. The first-order valence-electron chi connectivity index (χ1n) is 10.0. The normalized spacial score (nSPS) is 21.4. The summed E-state index contributed by atoms with van der Waals surface area (Å²) >= 11 is 3.10. The minimum Gasteiger partial charge on any atom is -0.364 e. The summed E-state index contributed by atoms with van der Waals surface area (Å²) in [6, 6.07) is 5.49. The number of nitrogens with two attached hydrogens (primary N) is 1. The van der Waals surface area contributed by atoms with E-state index in [1.54, 1.807) is 17.0 Å². The highest BCUT2D eigenvalue weighted by atomic mass is 79.9. The van der Waals surface area contributed by atoms with Gasteiger partial charge in [0.25, 0.3) is 5.91 Å². The lowest BCUT2D eigenvalue weighted by molar-refractivity contribution is -0.138. The Morgan fingerprint density at radius 3 is 2.84 bits per heavy atom. The number of halogens is 2. The van der Waals surface area contributed by atoms with Crippen LogP contribution in [0.15, 0.2) is 41.1 Å². The van der Waals surface area contributed by atoms with E-state index in [0.29, 0.717) is 17.3 Å². The van der Waals surface area contributed by atoms with Crippen LogP contribution in [0, 0.1) is 11.7 Å². The summed E-state index contributed by atoms with van der Waals surface area (Å²) in [5.41, 5.74) is 6.02. The highest BCUT2D eigenvalue weighted by Crippen LogP contribution is 2.48. The van der Waals surface area contributed by atoms with E-state index in [0.717, 1.165) is 6.42 Å². The summed E-state index contributed by atoms with van der Waals surface area (Å²) < 4.78 is 15.9. The van der Waals surface area contributed by atoms with Gasteiger partial charge in [0.2, 0.25) is 11.8 Å². The van der Waals surface area contributed by atoms with Crippen molar-refractivity contribution in [2.45, 2.75) is 31.5 Å². The van der Waals surface area contributed by atoms with Gasteiger partial charge in [-0.1, -0.05) is 6.07 Å². The van der Waals surface area contributed by atoms with Crippen LogP contribution in [-0.4, -0.2) is 49.5 Å². The molecule has 1 aliphatic heterocycles. The maximum Gasteiger partial charge on any atom is 0.269 e. The van der Waals surface area contributed by atoms with E-state index in [2.05, 4.69) is 31.3 Å². The minimum absolute atomic E-state index is 0.0267. The molecule has 3 N–H and O–H groups in total. The molecular formula is C21H18BrFN6O3.